The van der Waals surface area contributed by atoms with Gasteiger partial charge in [-0.2, -0.15) is 0 Å². The number of hydrogen-bond acceptors (Lipinski definition) is 4. The highest BCUT2D eigenvalue weighted by molar-refractivity contribution is 5.70. The molecule has 1 rings (SSSR count). The molecule has 0 radical (unpaired) electrons. The van der Waals surface area contributed by atoms with Crippen molar-refractivity contribution in [2.75, 3.05) is 19.8 Å². The summed E-state index contributed by atoms with van der Waals surface area (Å²) < 4.78 is 11.4. The third kappa shape index (κ3) is 6.10. The molecule has 0 spiro atoms. The van der Waals surface area contributed by atoms with Gasteiger partial charge in [0.05, 0.1) is 19.1 Å². The second kappa shape index (κ2) is 10.1. The smallest absolute Gasteiger partial charge is 0.307 e. The van der Waals surface area contributed by atoms with E-state index in [0.717, 1.165) is 29.9 Å². The van der Waals surface area contributed by atoms with Crippen LogP contribution in [0, 0.1) is 11.8 Å². The Labute approximate surface area is 138 Å². The normalized spacial score (nSPS) is 13.4. The number of nitrogens with two attached hydrogens (primary N) is 1. The van der Waals surface area contributed by atoms with Gasteiger partial charge in [-0.15, -0.1) is 0 Å². The Morgan fingerprint density at radius 2 is 1.78 bits per heavy atom. The number of carboxylic acids is 1. The van der Waals surface area contributed by atoms with Crippen molar-refractivity contribution in [3.8, 4) is 11.5 Å². The SMILES string of the molecule is CCOc1cccc(OCC)c1CCC(C)CC(CN)C(=O)O. The fraction of sp³-hybridized carbons (Fsp3) is 0.611. The van der Waals surface area contributed by atoms with Crippen molar-refractivity contribution in [3.05, 3.63) is 23.8 Å². The van der Waals surface area contributed by atoms with Crippen LogP contribution in [0.4, 0.5) is 0 Å². The van der Waals surface area contributed by atoms with E-state index in [4.69, 9.17) is 20.3 Å². The van der Waals surface area contributed by atoms with Gasteiger partial charge in [-0.05, 0) is 51.2 Å². The van der Waals surface area contributed by atoms with Gasteiger partial charge in [-0.3, -0.25) is 4.79 Å². The van der Waals surface area contributed by atoms with E-state index in [0.29, 0.717) is 19.6 Å². The Morgan fingerprint density at radius 3 is 2.22 bits per heavy atom. The van der Waals surface area contributed by atoms with Crippen molar-refractivity contribution >= 4 is 5.97 Å². The van der Waals surface area contributed by atoms with Crippen LogP contribution in [0.1, 0.15) is 39.2 Å². The molecule has 2 atom stereocenters. The van der Waals surface area contributed by atoms with E-state index in [1.807, 2.05) is 32.0 Å². The van der Waals surface area contributed by atoms with Gasteiger partial charge in [0.25, 0.3) is 0 Å². The summed E-state index contributed by atoms with van der Waals surface area (Å²) in [7, 11) is 0. The first-order valence-electron chi connectivity index (χ1n) is 8.33. The zero-order valence-corrected chi connectivity index (χ0v) is 14.4. The van der Waals surface area contributed by atoms with Crippen LogP contribution in [0.3, 0.4) is 0 Å². The summed E-state index contributed by atoms with van der Waals surface area (Å²) in [6, 6.07) is 5.83. The van der Waals surface area contributed by atoms with Crippen molar-refractivity contribution in [2.24, 2.45) is 17.6 Å². The van der Waals surface area contributed by atoms with Crippen LogP contribution >= 0.6 is 0 Å². The number of carbonyl (C=O) groups is 1. The van der Waals surface area contributed by atoms with E-state index in [2.05, 4.69) is 6.92 Å². The molecule has 0 aliphatic carbocycles. The second-order valence-electron chi connectivity index (χ2n) is 5.75. The molecule has 1 aromatic carbocycles. The van der Waals surface area contributed by atoms with Crippen molar-refractivity contribution < 1.29 is 19.4 Å². The zero-order chi connectivity index (χ0) is 17.2. The quantitative estimate of drug-likeness (QED) is 0.654. The second-order valence-corrected chi connectivity index (χ2v) is 5.75. The summed E-state index contributed by atoms with van der Waals surface area (Å²) in [5.41, 5.74) is 6.59. The van der Waals surface area contributed by atoms with E-state index < -0.39 is 11.9 Å². The molecule has 0 aromatic heterocycles. The number of ether oxygens (including phenoxy) is 2. The maximum atomic E-state index is 11.1. The predicted octanol–water partition coefficient (Wildman–Crippen LogP) is 3.10. The molecule has 0 aliphatic rings. The van der Waals surface area contributed by atoms with Crippen molar-refractivity contribution in [1.82, 2.24) is 0 Å². The lowest BCUT2D eigenvalue weighted by Crippen LogP contribution is -2.25. The summed E-state index contributed by atoms with van der Waals surface area (Å²) in [5.74, 6) is 0.671. The molecule has 130 valence electrons. The molecule has 0 fully saturated rings. The number of benzene rings is 1. The first kappa shape index (κ1) is 19.3. The van der Waals surface area contributed by atoms with Crippen LogP contribution in [-0.2, 0) is 11.2 Å². The first-order valence-corrected chi connectivity index (χ1v) is 8.33. The molecular formula is C18H29NO4. The Morgan fingerprint density at radius 1 is 1.22 bits per heavy atom. The third-order valence-electron chi connectivity index (χ3n) is 3.90. The molecule has 5 heteroatoms. The van der Waals surface area contributed by atoms with E-state index in [9.17, 15) is 4.79 Å². The van der Waals surface area contributed by atoms with E-state index in [1.54, 1.807) is 0 Å². The summed E-state index contributed by atoms with van der Waals surface area (Å²) in [5, 5.41) is 9.12. The Kier molecular flexibility index (Phi) is 8.48. The summed E-state index contributed by atoms with van der Waals surface area (Å²) in [6.07, 6.45) is 2.25. The van der Waals surface area contributed by atoms with Crippen molar-refractivity contribution in [2.45, 2.75) is 40.0 Å². The van der Waals surface area contributed by atoms with E-state index in [-0.39, 0.29) is 12.5 Å². The lowest BCUT2D eigenvalue weighted by Gasteiger charge is -2.19. The standard InChI is InChI=1S/C18H29NO4/c1-4-22-16-7-6-8-17(23-5-2)15(16)10-9-13(3)11-14(12-19)18(20)21/h6-8,13-14H,4-5,9-12,19H2,1-3H3,(H,20,21). The van der Waals surface area contributed by atoms with E-state index >= 15 is 0 Å². The van der Waals surface area contributed by atoms with Crippen LogP contribution in [-0.4, -0.2) is 30.8 Å². The third-order valence-corrected chi connectivity index (χ3v) is 3.90. The van der Waals surface area contributed by atoms with Gasteiger partial charge in [0, 0.05) is 12.1 Å². The monoisotopic (exact) mass is 323 g/mol. The predicted molar refractivity (Wildman–Crippen MR) is 91.1 cm³/mol. The van der Waals surface area contributed by atoms with E-state index in [1.165, 1.54) is 0 Å². The number of rotatable bonds is 11. The molecule has 23 heavy (non-hydrogen) atoms. The van der Waals surface area contributed by atoms with Crippen LogP contribution in [0.5, 0.6) is 11.5 Å². The molecule has 1 aromatic rings. The van der Waals surface area contributed by atoms with Crippen molar-refractivity contribution in [1.29, 1.82) is 0 Å². The highest BCUT2D eigenvalue weighted by Crippen LogP contribution is 2.31. The summed E-state index contributed by atoms with van der Waals surface area (Å²) in [6.45, 7) is 7.37. The van der Waals surface area contributed by atoms with Gasteiger partial charge in [0.1, 0.15) is 11.5 Å². The minimum atomic E-state index is -0.816. The van der Waals surface area contributed by atoms with Gasteiger partial charge < -0.3 is 20.3 Å². The lowest BCUT2D eigenvalue weighted by atomic mass is 9.90. The molecule has 0 aliphatic heterocycles. The Hall–Kier alpha value is -1.75. The van der Waals surface area contributed by atoms with Gasteiger partial charge in [0.15, 0.2) is 0 Å². The zero-order valence-electron chi connectivity index (χ0n) is 14.4. The molecule has 0 bridgehead atoms. The molecule has 5 nitrogen and oxygen atoms in total. The molecular weight excluding hydrogens is 294 g/mol. The summed E-state index contributed by atoms with van der Waals surface area (Å²) in [4.78, 5) is 11.1. The molecule has 0 saturated heterocycles. The van der Waals surface area contributed by atoms with Gasteiger partial charge in [0.2, 0.25) is 0 Å². The van der Waals surface area contributed by atoms with Crippen LogP contribution in [0.15, 0.2) is 18.2 Å². The van der Waals surface area contributed by atoms with Gasteiger partial charge >= 0.3 is 5.97 Å². The van der Waals surface area contributed by atoms with Gasteiger partial charge in [-0.1, -0.05) is 13.0 Å². The van der Waals surface area contributed by atoms with Crippen molar-refractivity contribution in [3.63, 3.8) is 0 Å². The maximum absolute atomic E-state index is 11.1. The minimum absolute atomic E-state index is 0.180. The highest BCUT2D eigenvalue weighted by atomic mass is 16.5. The lowest BCUT2D eigenvalue weighted by molar-refractivity contribution is -0.141. The molecule has 0 saturated carbocycles. The number of hydrogen-bond donors (Lipinski definition) is 2. The Balaban J connectivity index is 2.76. The molecule has 2 unspecified atom stereocenters. The van der Waals surface area contributed by atoms with Crippen LogP contribution in [0.25, 0.3) is 0 Å². The van der Waals surface area contributed by atoms with Gasteiger partial charge in [-0.25, -0.2) is 0 Å². The molecule has 0 amide bonds. The largest absolute Gasteiger partial charge is 0.493 e. The Bertz CT molecular complexity index is 466. The fourth-order valence-electron chi connectivity index (χ4n) is 2.67. The van der Waals surface area contributed by atoms with Crippen LogP contribution in [0.2, 0.25) is 0 Å². The minimum Gasteiger partial charge on any atom is -0.493 e. The van der Waals surface area contributed by atoms with Crippen LogP contribution < -0.4 is 15.2 Å². The average Bonchev–Trinajstić information content (AvgIpc) is 2.52. The molecule has 0 heterocycles. The fourth-order valence-corrected chi connectivity index (χ4v) is 2.67. The molecule has 3 N–H and O–H groups in total. The number of aliphatic carboxylic acids is 1. The maximum Gasteiger partial charge on any atom is 0.307 e. The number of carboxylic acid groups (broad SMARTS) is 1. The average molecular weight is 323 g/mol. The first-order chi connectivity index (χ1) is 11.0. The summed E-state index contributed by atoms with van der Waals surface area (Å²) >= 11 is 0. The topological polar surface area (TPSA) is 81.8 Å². The highest BCUT2D eigenvalue weighted by Gasteiger charge is 2.20.